The first-order valence-corrected chi connectivity index (χ1v) is 6.30. The lowest BCUT2D eigenvalue weighted by Gasteiger charge is -2.08. The Bertz CT molecular complexity index is 524. The molecule has 0 aliphatic heterocycles. The fraction of sp³-hybridized carbons (Fsp3) is 0.143. The lowest BCUT2D eigenvalue weighted by Crippen LogP contribution is -1.87. The molecule has 94 valence electrons. The van der Waals surface area contributed by atoms with Crippen molar-refractivity contribution >= 4 is 23.2 Å². The second kappa shape index (κ2) is 5.98. The highest BCUT2D eigenvalue weighted by Gasteiger charge is 2.03. The fourth-order valence-corrected chi connectivity index (χ4v) is 2.02. The van der Waals surface area contributed by atoms with E-state index in [1.54, 1.807) is 13.2 Å². The standard InChI is InChI=1S/C14H12Cl2O2/c1-17-11-4-6-12(7-5-11)18-13-3-2-10(9-15)14(16)8-13/h2-8H,9H2,1H3. The summed E-state index contributed by atoms with van der Waals surface area (Å²) in [7, 11) is 1.63. The molecule has 2 rings (SSSR count). The number of rotatable bonds is 4. The van der Waals surface area contributed by atoms with Crippen LogP contribution < -0.4 is 9.47 Å². The fourth-order valence-electron chi connectivity index (χ4n) is 1.48. The normalized spacial score (nSPS) is 10.2. The van der Waals surface area contributed by atoms with Gasteiger partial charge in [0, 0.05) is 10.9 Å². The molecule has 0 aromatic heterocycles. The van der Waals surface area contributed by atoms with Crippen molar-refractivity contribution in [1.29, 1.82) is 0 Å². The Morgan fingerprint density at radius 3 is 2.11 bits per heavy atom. The summed E-state index contributed by atoms with van der Waals surface area (Å²) < 4.78 is 10.8. The summed E-state index contributed by atoms with van der Waals surface area (Å²) in [6.07, 6.45) is 0. The molecule has 2 aromatic rings. The number of benzene rings is 2. The van der Waals surface area contributed by atoms with Crippen LogP contribution in [0, 0.1) is 0 Å². The van der Waals surface area contributed by atoms with Gasteiger partial charge in [-0.25, -0.2) is 0 Å². The molecule has 0 heterocycles. The average Bonchev–Trinajstić information content (AvgIpc) is 2.40. The van der Waals surface area contributed by atoms with E-state index >= 15 is 0 Å². The molecular formula is C14H12Cl2O2. The molecule has 0 bridgehead atoms. The molecule has 0 spiro atoms. The first-order chi connectivity index (χ1) is 8.72. The van der Waals surface area contributed by atoms with Gasteiger partial charge in [0.15, 0.2) is 0 Å². The third kappa shape index (κ3) is 3.09. The number of methoxy groups -OCH3 is 1. The Kier molecular flexibility index (Phi) is 4.34. The third-order valence-corrected chi connectivity index (χ3v) is 3.10. The van der Waals surface area contributed by atoms with Crippen molar-refractivity contribution in [3.05, 3.63) is 53.1 Å². The Hall–Kier alpha value is -1.38. The van der Waals surface area contributed by atoms with Crippen LogP contribution in [0.3, 0.4) is 0 Å². The van der Waals surface area contributed by atoms with Crippen molar-refractivity contribution in [3.63, 3.8) is 0 Å². The van der Waals surface area contributed by atoms with Crippen LogP contribution in [-0.4, -0.2) is 7.11 Å². The molecule has 0 saturated carbocycles. The number of halogens is 2. The van der Waals surface area contributed by atoms with Crippen LogP contribution in [-0.2, 0) is 5.88 Å². The first kappa shape index (κ1) is 13.1. The van der Waals surface area contributed by atoms with Gasteiger partial charge in [0.2, 0.25) is 0 Å². The van der Waals surface area contributed by atoms with E-state index in [2.05, 4.69) is 0 Å². The SMILES string of the molecule is COc1ccc(Oc2ccc(CCl)c(Cl)c2)cc1. The number of ether oxygens (including phenoxy) is 2. The van der Waals surface area contributed by atoms with Gasteiger partial charge in [-0.1, -0.05) is 17.7 Å². The summed E-state index contributed by atoms with van der Waals surface area (Å²) >= 11 is 11.8. The van der Waals surface area contributed by atoms with Gasteiger partial charge < -0.3 is 9.47 Å². The van der Waals surface area contributed by atoms with Crippen LogP contribution in [0.5, 0.6) is 17.2 Å². The average molecular weight is 283 g/mol. The van der Waals surface area contributed by atoms with Gasteiger partial charge in [-0.2, -0.15) is 0 Å². The molecule has 0 amide bonds. The van der Waals surface area contributed by atoms with Crippen molar-refractivity contribution in [1.82, 2.24) is 0 Å². The van der Waals surface area contributed by atoms with E-state index in [1.165, 1.54) is 0 Å². The Labute approximate surface area is 116 Å². The van der Waals surface area contributed by atoms with Crippen LogP contribution in [0.25, 0.3) is 0 Å². The van der Waals surface area contributed by atoms with Crippen LogP contribution >= 0.6 is 23.2 Å². The third-order valence-electron chi connectivity index (χ3n) is 2.46. The molecule has 18 heavy (non-hydrogen) atoms. The summed E-state index contributed by atoms with van der Waals surface area (Å²) in [4.78, 5) is 0. The lowest BCUT2D eigenvalue weighted by atomic mass is 10.2. The van der Waals surface area contributed by atoms with Crippen molar-refractivity contribution in [3.8, 4) is 17.2 Å². The van der Waals surface area contributed by atoms with E-state index in [1.807, 2.05) is 36.4 Å². The van der Waals surface area contributed by atoms with E-state index < -0.39 is 0 Å². The smallest absolute Gasteiger partial charge is 0.128 e. The minimum absolute atomic E-state index is 0.391. The summed E-state index contributed by atoms with van der Waals surface area (Å²) in [5, 5.41) is 0.607. The Morgan fingerprint density at radius 2 is 1.56 bits per heavy atom. The van der Waals surface area contributed by atoms with E-state index in [4.69, 9.17) is 32.7 Å². The molecule has 0 radical (unpaired) electrons. The van der Waals surface area contributed by atoms with Crippen molar-refractivity contribution in [2.75, 3.05) is 7.11 Å². The van der Waals surface area contributed by atoms with E-state index in [0.29, 0.717) is 16.7 Å². The molecule has 0 saturated heterocycles. The van der Waals surface area contributed by atoms with E-state index in [9.17, 15) is 0 Å². The molecule has 0 aliphatic rings. The predicted molar refractivity (Wildman–Crippen MR) is 74.1 cm³/mol. The molecule has 0 atom stereocenters. The van der Waals surface area contributed by atoms with Crippen molar-refractivity contribution < 1.29 is 9.47 Å². The molecule has 2 nitrogen and oxygen atoms in total. The molecular weight excluding hydrogens is 271 g/mol. The lowest BCUT2D eigenvalue weighted by molar-refractivity contribution is 0.413. The maximum absolute atomic E-state index is 6.06. The van der Waals surface area contributed by atoms with Crippen molar-refractivity contribution in [2.24, 2.45) is 0 Å². The highest BCUT2D eigenvalue weighted by Crippen LogP contribution is 2.28. The summed E-state index contributed by atoms with van der Waals surface area (Å²) in [6.45, 7) is 0. The van der Waals surface area contributed by atoms with Crippen LogP contribution in [0.2, 0.25) is 5.02 Å². The van der Waals surface area contributed by atoms with Crippen LogP contribution in [0.1, 0.15) is 5.56 Å². The molecule has 0 unspecified atom stereocenters. The second-order valence-electron chi connectivity index (χ2n) is 3.66. The molecule has 0 fully saturated rings. The molecule has 4 heteroatoms. The predicted octanol–water partition coefficient (Wildman–Crippen LogP) is 4.88. The van der Waals surface area contributed by atoms with Gasteiger partial charge in [0.25, 0.3) is 0 Å². The highest BCUT2D eigenvalue weighted by atomic mass is 35.5. The zero-order valence-corrected chi connectivity index (χ0v) is 11.3. The highest BCUT2D eigenvalue weighted by molar-refractivity contribution is 6.32. The number of hydrogen-bond donors (Lipinski definition) is 0. The zero-order chi connectivity index (χ0) is 13.0. The van der Waals surface area contributed by atoms with Gasteiger partial charge in [0.05, 0.1) is 7.11 Å². The summed E-state index contributed by atoms with van der Waals surface area (Å²) in [5.74, 6) is 2.59. The van der Waals surface area contributed by atoms with Crippen LogP contribution in [0.4, 0.5) is 0 Å². The summed E-state index contributed by atoms with van der Waals surface area (Å²) in [6, 6.07) is 12.8. The maximum Gasteiger partial charge on any atom is 0.128 e. The van der Waals surface area contributed by atoms with Gasteiger partial charge in [0.1, 0.15) is 17.2 Å². The number of alkyl halides is 1. The molecule has 0 N–H and O–H groups in total. The van der Waals surface area contributed by atoms with Gasteiger partial charge in [-0.15, -0.1) is 11.6 Å². The summed E-state index contributed by atoms with van der Waals surface area (Å²) in [5.41, 5.74) is 0.889. The van der Waals surface area contributed by atoms with Gasteiger partial charge in [-0.3, -0.25) is 0 Å². The quantitative estimate of drug-likeness (QED) is 0.744. The minimum Gasteiger partial charge on any atom is -0.497 e. The van der Waals surface area contributed by atoms with Crippen LogP contribution in [0.15, 0.2) is 42.5 Å². The Morgan fingerprint density at radius 1 is 0.944 bits per heavy atom. The topological polar surface area (TPSA) is 18.5 Å². The van der Waals surface area contributed by atoms with Crippen molar-refractivity contribution in [2.45, 2.75) is 5.88 Å². The van der Waals surface area contributed by atoms with Gasteiger partial charge >= 0.3 is 0 Å². The number of hydrogen-bond acceptors (Lipinski definition) is 2. The molecule has 0 aliphatic carbocycles. The largest absolute Gasteiger partial charge is 0.497 e. The minimum atomic E-state index is 0.391. The monoisotopic (exact) mass is 282 g/mol. The van der Waals surface area contributed by atoms with E-state index in [0.717, 1.165) is 17.1 Å². The van der Waals surface area contributed by atoms with Gasteiger partial charge in [-0.05, 0) is 42.0 Å². The zero-order valence-electron chi connectivity index (χ0n) is 9.82. The second-order valence-corrected chi connectivity index (χ2v) is 4.34. The Balaban J connectivity index is 2.15. The first-order valence-electron chi connectivity index (χ1n) is 5.39. The van der Waals surface area contributed by atoms with E-state index in [-0.39, 0.29) is 0 Å². The molecule has 2 aromatic carbocycles. The maximum atomic E-state index is 6.06.